The molecule has 5 nitrogen and oxygen atoms in total. The lowest BCUT2D eigenvalue weighted by Crippen LogP contribution is -2.48. The zero-order valence-corrected chi connectivity index (χ0v) is 15.8. The van der Waals surface area contributed by atoms with Crippen molar-refractivity contribution in [1.82, 2.24) is 15.5 Å². The first-order valence-corrected chi connectivity index (χ1v) is 9.91. The van der Waals surface area contributed by atoms with E-state index in [1.54, 1.807) is 0 Å². The number of guanidine groups is 1. The summed E-state index contributed by atoms with van der Waals surface area (Å²) in [4.78, 5) is 19.2. The average molecular weight is 337 g/mol. The summed E-state index contributed by atoms with van der Waals surface area (Å²) in [6, 6.07) is 0.396. The molecule has 5 heteroatoms. The van der Waals surface area contributed by atoms with Gasteiger partial charge in [0.05, 0.1) is 6.54 Å². The number of hydrogen-bond donors (Lipinski definition) is 2. The van der Waals surface area contributed by atoms with Crippen LogP contribution >= 0.6 is 0 Å². The van der Waals surface area contributed by atoms with Crippen LogP contribution in [-0.2, 0) is 4.79 Å². The molecule has 2 rings (SSSR count). The van der Waals surface area contributed by atoms with Crippen LogP contribution in [0.15, 0.2) is 4.99 Å². The highest BCUT2D eigenvalue weighted by molar-refractivity contribution is 5.81. The van der Waals surface area contributed by atoms with Crippen LogP contribution in [0.4, 0.5) is 0 Å². The van der Waals surface area contributed by atoms with Crippen molar-refractivity contribution in [1.29, 1.82) is 0 Å². The summed E-state index contributed by atoms with van der Waals surface area (Å²) >= 11 is 0. The van der Waals surface area contributed by atoms with Crippen LogP contribution in [0.1, 0.15) is 65.7 Å². The molecule has 0 radical (unpaired) electrons. The summed E-state index contributed by atoms with van der Waals surface area (Å²) in [6.45, 7) is 10.3. The van der Waals surface area contributed by atoms with Gasteiger partial charge in [0.1, 0.15) is 0 Å². The molecular formula is C19H36N4O. The van der Waals surface area contributed by atoms with Crippen molar-refractivity contribution in [2.24, 2.45) is 16.8 Å². The van der Waals surface area contributed by atoms with Gasteiger partial charge in [0.2, 0.25) is 5.91 Å². The third-order valence-electron chi connectivity index (χ3n) is 5.07. The molecule has 2 atom stereocenters. The molecule has 1 saturated heterocycles. The van der Waals surface area contributed by atoms with Gasteiger partial charge in [-0.05, 0) is 38.0 Å². The summed E-state index contributed by atoms with van der Waals surface area (Å²) in [5.41, 5.74) is 0. The van der Waals surface area contributed by atoms with E-state index in [1.165, 1.54) is 25.7 Å². The van der Waals surface area contributed by atoms with E-state index >= 15 is 0 Å². The molecule has 2 aliphatic rings. The predicted molar refractivity (Wildman–Crippen MR) is 100 cm³/mol. The fourth-order valence-corrected chi connectivity index (χ4v) is 4.07. The summed E-state index contributed by atoms with van der Waals surface area (Å²) in [7, 11) is 0. The van der Waals surface area contributed by atoms with Gasteiger partial charge in [0, 0.05) is 32.1 Å². The van der Waals surface area contributed by atoms with E-state index in [4.69, 9.17) is 4.99 Å². The third kappa shape index (κ3) is 6.33. The lowest BCUT2D eigenvalue weighted by molar-refractivity contribution is -0.121. The predicted octanol–water partition coefficient (Wildman–Crippen LogP) is 2.77. The second-order valence-electron chi connectivity index (χ2n) is 7.74. The molecule has 0 bridgehead atoms. The highest BCUT2D eigenvalue weighted by Gasteiger charge is 2.24. The van der Waals surface area contributed by atoms with E-state index in [2.05, 4.69) is 36.3 Å². The Morgan fingerprint density at radius 3 is 2.42 bits per heavy atom. The van der Waals surface area contributed by atoms with Gasteiger partial charge in [-0.15, -0.1) is 0 Å². The summed E-state index contributed by atoms with van der Waals surface area (Å²) in [5.74, 6) is 2.53. The van der Waals surface area contributed by atoms with Gasteiger partial charge in [-0.25, -0.2) is 0 Å². The van der Waals surface area contributed by atoms with E-state index in [0.717, 1.165) is 38.4 Å². The first kappa shape index (κ1) is 19.1. The number of aliphatic imine (C=N–C) groups is 1. The van der Waals surface area contributed by atoms with Crippen molar-refractivity contribution in [3.63, 3.8) is 0 Å². The maximum atomic E-state index is 12.1. The second kappa shape index (κ2) is 9.90. The maximum absolute atomic E-state index is 12.1. The standard InChI is InChI=1S/C19H36N4O/c1-4-20-19(23-13-15(2)12-16(3)14-23)21-11-10-18(24)22-17-8-6-5-7-9-17/h15-17H,4-14H2,1-3H3,(H,20,21)(H,22,24). The molecule has 1 heterocycles. The number of carbonyl (C=O) groups is 1. The SMILES string of the molecule is CCNC(=NCCC(=O)NC1CCCCC1)N1CC(C)CC(C)C1. The van der Waals surface area contributed by atoms with Crippen LogP contribution in [0.5, 0.6) is 0 Å². The Bertz CT molecular complexity index is 408. The van der Waals surface area contributed by atoms with E-state index in [-0.39, 0.29) is 5.91 Å². The summed E-state index contributed by atoms with van der Waals surface area (Å²) in [6.07, 6.45) is 7.87. The minimum Gasteiger partial charge on any atom is -0.357 e. The molecule has 1 aliphatic heterocycles. The summed E-state index contributed by atoms with van der Waals surface area (Å²) in [5, 5.41) is 6.57. The van der Waals surface area contributed by atoms with Crippen LogP contribution in [0.2, 0.25) is 0 Å². The van der Waals surface area contributed by atoms with Crippen LogP contribution in [-0.4, -0.2) is 49.0 Å². The Hall–Kier alpha value is -1.26. The molecule has 2 N–H and O–H groups in total. The zero-order chi connectivity index (χ0) is 17.4. The van der Waals surface area contributed by atoms with Gasteiger partial charge in [-0.2, -0.15) is 0 Å². The van der Waals surface area contributed by atoms with Gasteiger partial charge >= 0.3 is 0 Å². The van der Waals surface area contributed by atoms with Gasteiger partial charge in [0.15, 0.2) is 5.96 Å². The molecule has 24 heavy (non-hydrogen) atoms. The minimum atomic E-state index is 0.155. The number of hydrogen-bond acceptors (Lipinski definition) is 2. The highest BCUT2D eigenvalue weighted by Crippen LogP contribution is 2.21. The number of nitrogens with zero attached hydrogens (tertiary/aromatic N) is 2. The molecular weight excluding hydrogens is 300 g/mol. The largest absolute Gasteiger partial charge is 0.357 e. The molecule has 138 valence electrons. The topological polar surface area (TPSA) is 56.7 Å². The van der Waals surface area contributed by atoms with Crippen molar-refractivity contribution >= 4 is 11.9 Å². The molecule has 0 aromatic heterocycles. The number of nitrogens with one attached hydrogen (secondary N) is 2. The number of piperidine rings is 1. The average Bonchev–Trinajstić information content (AvgIpc) is 2.54. The van der Waals surface area contributed by atoms with Crippen LogP contribution in [0, 0.1) is 11.8 Å². The quantitative estimate of drug-likeness (QED) is 0.599. The Balaban J connectivity index is 1.80. The number of rotatable bonds is 5. The molecule has 2 unspecified atom stereocenters. The van der Waals surface area contributed by atoms with Gasteiger partial charge in [-0.3, -0.25) is 9.79 Å². The lowest BCUT2D eigenvalue weighted by atomic mass is 9.92. The number of carbonyl (C=O) groups excluding carboxylic acids is 1. The minimum absolute atomic E-state index is 0.155. The highest BCUT2D eigenvalue weighted by atomic mass is 16.1. The van der Waals surface area contributed by atoms with Crippen molar-refractivity contribution < 1.29 is 4.79 Å². The molecule has 1 amide bonds. The number of amides is 1. The second-order valence-corrected chi connectivity index (χ2v) is 7.74. The molecule has 0 aromatic rings. The molecule has 1 aliphatic carbocycles. The Morgan fingerprint density at radius 1 is 1.12 bits per heavy atom. The Labute approximate surface area is 147 Å². The van der Waals surface area contributed by atoms with Crippen molar-refractivity contribution in [3.05, 3.63) is 0 Å². The number of likely N-dealkylation sites (tertiary alicyclic amines) is 1. The van der Waals surface area contributed by atoms with Crippen LogP contribution < -0.4 is 10.6 Å². The van der Waals surface area contributed by atoms with Gasteiger partial charge in [-0.1, -0.05) is 33.1 Å². The van der Waals surface area contributed by atoms with Gasteiger partial charge < -0.3 is 15.5 Å². The fourth-order valence-electron chi connectivity index (χ4n) is 4.07. The van der Waals surface area contributed by atoms with Crippen molar-refractivity contribution in [3.8, 4) is 0 Å². The summed E-state index contributed by atoms with van der Waals surface area (Å²) < 4.78 is 0. The van der Waals surface area contributed by atoms with Crippen LogP contribution in [0.25, 0.3) is 0 Å². The van der Waals surface area contributed by atoms with Crippen molar-refractivity contribution in [2.45, 2.75) is 71.8 Å². The maximum Gasteiger partial charge on any atom is 0.222 e. The normalized spacial score (nSPS) is 26.3. The Morgan fingerprint density at radius 2 is 1.79 bits per heavy atom. The first-order valence-electron chi connectivity index (χ1n) is 9.91. The zero-order valence-electron chi connectivity index (χ0n) is 15.8. The van der Waals surface area contributed by atoms with E-state index in [1.807, 2.05) is 0 Å². The van der Waals surface area contributed by atoms with Gasteiger partial charge in [0.25, 0.3) is 0 Å². The molecule has 0 aromatic carbocycles. The third-order valence-corrected chi connectivity index (χ3v) is 5.07. The monoisotopic (exact) mass is 336 g/mol. The molecule has 1 saturated carbocycles. The molecule has 0 spiro atoms. The molecule has 2 fully saturated rings. The first-order chi connectivity index (χ1) is 11.6. The fraction of sp³-hybridized carbons (Fsp3) is 0.895. The Kier molecular flexibility index (Phi) is 7.86. The van der Waals surface area contributed by atoms with E-state index in [0.29, 0.717) is 30.8 Å². The lowest BCUT2D eigenvalue weighted by Gasteiger charge is -2.37. The van der Waals surface area contributed by atoms with Crippen molar-refractivity contribution in [2.75, 3.05) is 26.2 Å². The van der Waals surface area contributed by atoms with E-state index < -0.39 is 0 Å². The van der Waals surface area contributed by atoms with E-state index in [9.17, 15) is 4.79 Å². The smallest absolute Gasteiger partial charge is 0.222 e. The van der Waals surface area contributed by atoms with Crippen LogP contribution in [0.3, 0.4) is 0 Å².